The lowest BCUT2D eigenvalue weighted by molar-refractivity contribution is -0.116. The van der Waals surface area contributed by atoms with Crippen LogP contribution in [0.25, 0.3) is 0 Å². The number of nitrogens with one attached hydrogen (secondary N) is 1. The summed E-state index contributed by atoms with van der Waals surface area (Å²) in [5.41, 5.74) is 1.37. The molecule has 1 heterocycles. The van der Waals surface area contributed by atoms with Crippen molar-refractivity contribution in [3.63, 3.8) is 0 Å². The molecule has 0 aliphatic carbocycles. The summed E-state index contributed by atoms with van der Waals surface area (Å²) < 4.78 is 26.5. The fourth-order valence-corrected chi connectivity index (χ4v) is 2.96. The van der Waals surface area contributed by atoms with Crippen molar-refractivity contribution in [2.24, 2.45) is 0 Å². The third-order valence-corrected chi connectivity index (χ3v) is 4.41. The molecule has 0 saturated heterocycles. The number of benzene rings is 2. The molecule has 8 heteroatoms. The van der Waals surface area contributed by atoms with Crippen LogP contribution in [-0.4, -0.2) is 34.0 Å². The minimum Gasteiger partial charge on any atom is -0.493 e. The van der Waals surface area contributed by atoms with E-state index in [-0.39, 0.29) is 19.1 Å². The largest absolute Gasteiger partial charge is 0.493 e. The molecular formula is C19H20ClNO6. The van der Waals surface area contributed by atoms with Crippen LogP contribution in [-0.2, 0) is 11.2 Å². The second-order valence-corrected chi connectivity index (χ2v) is 6.17. The maximum absolute atomic E-state index is 12.3. The van der Waals surface area contributed by atoms with Crippen LogP contribution in [0, 0.1) is 0 Å². The van der Waals surface area contributed by atoms with Crippen LogP contribution in [0.1, 0.15) is 12.0 Å². The van der Waals surface area contributed by atoms with E-state index >= 15 is 0 Å². The topological polar surface area (TPSA) is 75.3 Å². The van der Waals surface area contributed by atoms with Crippen molar-refractivity contribution in [2.45, 2.75) is 12.8 Å². The number of carbonyl (C=O) groups excluding carboxylic acids is 1. The van der Waals surface area contributed by atoms with E-state index in [1.807, 2.05) is 12.1 Å². The third-order valence-electron chi connectivity index (χ3n) is 4.10. The third kappa shape index (κ3) is 4.14. The molecule has 1 aliphatic heterocycles. The van der Waals surface area contributed by atoms with Gasteiger partial charge in [-0.25, -0.2) is 0 Å². The monoisotopic (exact) mass is 393 g/mol. The Balaban J connectivity index is 1.68. The summed E-state index contributed by atoms with van der Waals surface area (Å²) in [7, 11) is 4.65. The van der Waals surface area contributed by atoms with Crippen LogP contribution in [0.4, 0.5) is 5.69 Å². The first kappa shape index (κ1) is 19.0. The van der Waals surface area contributed by atoms with Crippen molar-refractivity contribution in [3.8, 4) is 28.7 Å². The van der Waals surface area contributed by atoms with Gasteiger partial charge in [0.2, 0.25) is 18.4 Å². The van der Waals surface area contributed by atoms with Gasteiger partial charge in [-0.15, -0.1) is 0 Å². The minimum absolute atomic E-state index is 0.143. The zero-order valence-electron chi connectivity index (χ0n) is 15.3. The van der Waals surface area contributed by atoms with Crippen molar-refractivity contribution in [1.29, 1.82) is 0 Å². The molecule has 1 amide bonds. The predicted octanol–water partition coefficient (Wildman–Crippen LogP) is 3.67. The van der Waals surface area contributed by atoms with E-state index in [1.54, 1.807) is 33.5 Å². The van der Waals surface area contributed by atoms with Crippen molar-refractivity contribution in [3.05, 3.63) is 34.9 Å². The van der Waals surface area contributed by atoms with Crippen molar-refractivity contribution in [2.75, 3.05) is 33.4 Å². The summed E-state index contributed by atoms with van der Waals surface area (Å²) in [4.78, 5) is 12.3. The summed E-state index contributed by atoms with van der Waals surface area (Å²) in [6, 6.07) is 6.92. The van der Waals surface area contributed by atoms with Gasteiger partial charge in [-0.05, 0) is 24.1 Å². The van der Waals surface area contributed by atoms with Gasteiger partial charge in [0.15, 0.2) is 23.0 Å². The molecule has 2 aromatic carbocycles. The molecule has 144 valence electrons. The van der Waals surface area contributed by atoms with E-state index < -0.39 is 0 Å². The number of methoxy groups -OCH3 is 3. The van der Waals surface area contributed by atoms with Gasteiger partial charge in [-0.3, -0.25) is 4.79 Å². The van der Waals surface area contributed by atoms with Crippen LogP contribution in [0.3, 0.4) is 0 Å². The molecule has 0 aromatic heterocycles. The number of amides is 1. The van der Waals surface area contributed by atoms with Crippen molar-refractivity contribution < 1.29 is 28.5 Å². The van der Waals surface area contributed by atoms with Crippen LogP contribution in [0.5, 0.6) is 28.7 Å². The Kier molecular flexibility index (Phi) is 5.81. The quantitative estimate of drug-likeness (QED) is 0.773. The second-order valence-electron chi connectivity index (χ2n) is 5.77. The van der Waals surface area contributed by atoms with Gasteiger partial charge >= 0.3 is 0 Å². The van der Waals surface area contributed by atoms with E-state index in [9.17, 15) is 4.79 Å². The molecular weight excluding hydrogens is 374 g/mol. The highest BCUT2D eigenvalue weighted by molar-refractivity contribution is 6.34. The Hall–Kier alpha value is -2.80. The lowest BCUT2D eigenvalue weighted by Crippen LogP contribution is -2.12. The maximum atomic E-state index is 12.3. The first-order valence-corrected chi connectivity index (χ1v) is 8.61. The summed E-state index contributed by atoms with van der Waals surface area (Å²) in [5.74, 6) is 2.55. The number of carbonyl (C=O) groups is 1. The number of fused-ring (bicyclic) bond motifs is 1. The molecule has 0 saturated carbocycles. The molecule has 0 spiro atoms. The standard InChI is InChI=1S/C19H20ClNO6/c1-23-16-6-11(7-17(24-2)19(16)25-3)4-5-18(22)21-13-9-15-14(8-12(13)20)26-10-27-15/h6-9H,4-5,10H2,1-3H3,(H,21,22). The summed E-state index contributed by atoms with van der Waals surface area (Å²) >= 11 is 6.18. The first-order valence-electron chi connectivity index (χ1n) is 8.23. The van der Waals surface area contributed by atoms with Gasteiger partial charge in [-0.1, -0.05) is 11.6 Å². The zero-order chi connectivity index (χ0) is 19.4. The molecule has 27 heavy (non-hydrogen) atoms. The van der Waals surface area contributed by atoms with E-state index in [0.717, 1.165) is 5.56 Å². The molecule has 1 N–H and O–H groups in total. The number of anilines is 1. The molecule has 3 rings (SSSR count). The zero-order valence-corrected chi connectivity index (χ0v) is 16.0. The number of ether oxygens (including phenoxy) is 5. The molecule has 0 fully saturated rings. The Morgan fingerprint density at radius 2 is 1.67 bits per heavy atom. The highest BCUT2D eigenvalue weighted by Crippen LogP contribution is 2.40. The molecule has 0 radical (unpaired) electrons. The maximum Gasteiger partial charge on any atom is 0.231 e. The van der Waals surface area contributed by atoms with Gasteiger partial charge in [0.25, 0.3) is 0 Å². The lowest BCUT2D eigenvalue weighted by Gasteiger charge is -2.14. The molecule has 7 nitrogen and oxygen atoms in total. The fourth-order valence-electron chi connectivity index (χ4n) is 2.76. The van der Waals surface area contributed by atoms with Gasteiger partial charge in [0, 0.05) is 18.6 Å². The number of halogens is 1. The second kappa shape index (κ2) is 8.26. The smallest absolute Gasteiger partial charge is 0.231 e. The van der Waals surface area contributed by atoms with E-state index in [2.05, 4.69) is 5.32 Å². The van der Waals surface area contributed by atoms with Crippen LogP contribution < -0.4 is 29.0 Å². The van der Waals surface area contributed by atoms with E-state index in [1.165, 1.54) is 0 Å². The Bertz CT molecular complexity index is 829. The molecule has 2 aromatic rings. The Morgan fingerprint density at radius 3 is 2.26 bits per heavy atom. The van der Waals surface area contributed by atoms with Gasteiger partial charge in [0.05, 0.1) is 32.0 Å². The average molecular weight is 394 g/mol. The number of hydrogen-bond donors (Lipinski definition) is 1. The number of rotatable bonds is 7. The minimum atomic E-state index is -0.176. The number of aryl methyl sites for hydroxylation is 1. The molecule has 1 aliphatic rings. The normalized spacial score (nSPS) is 11.9. The SMILES string of the molecule is COc1cc(CCC(=O)Nc2cc3c(cc2Cl)OCO3)cc(OC)c1OC. The van der Waals surface area contributed by atoms with Crippen molar-refractivity contribution >= 4 is 23.2 Å². The lowest BCUT2D eigenvalue weighted by atomic mass is 10.1. The summed E-state index contributed by atoms with van der Waals surface area (Å²) in [6.07, 6.45) is 0.744. The highest BCUT2D eigenvalue weighted by atomic mass is 35.5. The fraction of sp³-hybridized carbons (Fsp3) is 0.316. The van der Waals surface area contributed by atoms with Gasteiger partial charge < -0.3 is 29.0 Å². The summed E-state index contributed by atoms with van der Waals surface area (Å²) in [5, 5.41) is 3.19. The predicted molar refractivity (Wildman–Crippen MR) is 101 cm³/mol. The molecule has 0 bridgehead atoms. The highest BCUT2D eigenvalue weighted by Gasteiger charge is 2.18. The van der Waals surface area contributed by atoms with E-state index in [0.29, 0.717) is 45.9 Å². The van der Waals surface area contributed by atoms with Crippen molar-refractivity contribution in [1.82, 2.24) is 0 Å². The summed E-state index contributed by atoms with van der Waals surface area (Å²) in [6.45, 7) is 0.143. The van der Waals surface area contributed by atoms with Crippen LogP contribution in [0.2, 0.25) is 5.02 Å². The van der Waals surface area contributed by atoms with Crippen LogP contribution >= 0.6 is 11.6 Å². The van der Waals surface area contributed by atoms with Gasteiger partial charge in [0.1, 0.15) is 0 Å². The molecule has 0 atom stereocenters. The van der Waals surface area contributed by atoms with Gasteiger partial charge in [-0.2, -0.15) is 0 Å². The molecule has 0 unspecified atom stereocenters. The first-order chi connectivity index (χ1) is 13.0. The van der Waals surface area contributed by atoms with E-state index in [4.69, 9.17) is 35.3 Å². The van der Waals surface area contributed by atoms with Crippen LogP contribution in [0.15, 0.2) is 24.3 Å². The number of hydrogen-bond acceptors (Lipinski definition) is 6. The Morgan fingerprint density at radius 1 is 1.04 bits per heavy atom. The Labute approximate surface area is 162 Å². The average Bonchev–Trinajstić information content (AvgIpc) is 3.12.